The van der Waals surface area contributed by atoms with Crippen LogP contribution in [0.3, 0.4) is 0 Å². The zero-order valence-electron chi connectivity index (χ0n) is 26.1. The van der Waals surface area contributed by atoms with Gasteiger partial charge in [-0.15, -0.1) is 0 Å². The number of anilines is 1. The molecule has 3 aliphatic rings. The Morgan fingerprint density at radius 3 is 2.30 bits per heavy atom. The minimum absolute atomic E-state index is 0.0113. The van der Waals surface area contributed by atoms with Crippen molar-refractivity contribution >= 4 is 39.5 Å². The lowest BCUT2D eigenvalue weighted by Gasteiger charge is -2.26. The summed E-state index contributed by atoms with van der Waals surface area (Å²) in [7, 11) is -0.596. The van der Waals surface area contributed by atoms with Crippen LogP contribution in [-0.2, 0) is 14.9 Å². The quantitative estimate of drug-likeness (QED) is 0.408. The van der Waals surface area contributed by atoms with Crippen molar-refractivity contribution in [2.24, 2.45) is 11.8 Å². The number of aromatic nitrogens is 2. The van der Waals surface area contributed by atoms with Crippen molar-refractivity contribution in [2.45, 2.75) is 39.7 Å². The van der Waals surface area contributed by atoms with Gasteiger partial charge >= 0.3 is 6.09 Å². The van der Waals surface area contributed by atoms with Gasteiger partial charge in [0.05, 0.1) is 23.5 Å². The van der Waals surface area contributed by atoms with Gasteiger partial charge in [0.15, 0.2) is 0 Å². The Morgan fingerprint density at radius 1 is 1.02 bits per heavy atom. The van der Waals surface area contributed by atoms with E-state index in [1.165, 1.54) is 29.0 Å². The molecule has 0 radical (unpaired) electrons. The van der Waals surface area contributed by atoms with Crippen molar-refractivity contribution in [3.05, 3.63) is 52.1 Å². The number of fused-ring (bicyclic) bond motifs is 1. The molecule has 2 aromatic rings. The van der Waals surface area contributed by atoms with E-state index < -0.39 is 22.4 Å². The highest BCUT2D eigenvalue weighted by atomic mass is 35.5. The number of likely N-dealkylation sites (tertiary alicyclic amines) is 2. The Balaban J connectivity index is 1.17. The summed E-state index contributed by atoms with van der Waals surface area (Å²) in [6.07, 6.45) is 1.61. The van der Waals surface area contributed by atoms with E-state index in [1.54, 1.807) is 11.0 Å². The molecule has 3 unspecified atom stereocenters. The first kappa shape index (κ1) is 32.6. The van der Waals surface area contributed by atoms with Gasteiger partial charge in [0.25, 0.3) is 16.1 Å². The van der Waals surface area contributed by atoms with Crippen molar-refractivity contribution < 1.29 is 22.7 Å². The second-order valence-corrected chi connectivity index (χ2v) is 14.8. The molecule has 1 aromatic heterocycles. The number of halogens is 1. The zero-order chi connectivity index (χ0) is 31.8. The summed E-state index contributed by atoms with van der Waals surface area (Å²) in [6, 6.07) is 5.49. The Kier molecular flexibility index (Phi) is 9.81. The molecule has 3 saturated heterocycles. The van der Waals surface area contributed by atoms with Crippen LogP contribution in [0.15, 0.2) is 24.5 Å². The smallest absolute Gasteiger partial charge is 0.414 e. The highest BCUT2D eigenvalue weighted by Gasteiger charge is 2.42. The molecule has 3 fully saturated rings. The lowest BCUT2D eigenvalue weighted by atomic mass is 10.0. The summed E-state index contributed by atoms with van der Waals surface area (Å²) in [6.45, 7) is 10.5. The first-order valence-electron chi connectivity index (χ1n) is 15.1. The predicted octanol–water partition coefficient (Wildman–Crippen LogP) is 2.97. The van der Waals surface area contributed by atoms with E-state index in [4.69, 9.17) is 16.3 Å². The molecule has 240 valence electrons. The second kappa shape index (κ2) is 13.3. The van der Waals surface area contributed by atoms with E-state index in [9.17, 15) is 18.0 Å². The Morgan fingerprint density at radius 2 is 1.68 bits per heavy atom. The average Bonchev–Trinajstić information content (AvgIpc) is 3.68. The van der Waals surface area contributed by atoms with Crippen LogP contribution in [0, 0.1) is 32.6 Å². The molecule has 0 saturated carbocycles. The summed E-state index contributed by atoms with van der Waals surface area (Å²) in [5.74, 6) is 0.826. The van der Waals surface area contributed by atoms with Gasteiger partial charge in [0.1, 0.15) is 12.4 Å². The fraction of sp³-hybridized carbons (Fsp3) is 0.600. The first-order chi connectivity index (χ1) is 20.8. The number of hydrogen-bond donors (Lipinski definition) is 0. The minimum atomic E-state index is -3.57. The standard InChI is InChI=1S/C30H42ClN7O5S/c1-20-7-8-25(13-27(20)31)38(30(40)43-26-9-12-37(18-26)44(41,42)34(4)5)11-6-10-35-14-23-16-36(17-24(23)15-35)29(39)28-21(2)32-19-33-22(28)3/h7-8,13,19,23-24,26H,6,9-12,14-18H2,1-5H3. The molecule has 3 atom stereocenters. The Bertz CT molecular complexity index is 1470. The average molecular weight is 648 g/mol. The van der Waals surface area contributed by atoms with Gasteiger partial charge in [-0.3, -0.25) is 9.69 Å². The molecule has 44 heavy (non-hydrogen) atoms. The molecule has 1 aromatic carbocycles. The fourth-order valence-corrected chi connectivity index (χ4v) is 7.80. The summed E-state index contributed by atoms with van der Waals surface area (Å²) in [5, 5.41) is 0.559. The van der Waals surface area contributed by atoms with Crippen LogP contribution < -0.4 is 4.90 Å². The van der Waals surface area contributed by atoms with Gasteiger partial charge in [0, 0.05) is 64.1 Å². The third kappa shape index (κ3) is 6.86. The number of aryl methyl sites for hydroxylation is 3. The molecular weight excluding hydrogens is 606 g/mol. The number of amides is 2. The summed E-state index contributed by atoms with van der Waals surface area (Å²) in [5.41, 5.74) is 3.58. The monoisotopic (exact) mass is 647 g/mol. The summed E-state index contributed by atoms with van der Waals surface area (Å²) >= 11 is 6.41. The first-order valence-corrected chi connectivity index (χ1v) is 16.8. The van der Waals surface area contributed by atoms with Crippen LogP contribution in [-0.4, -0.2) is 121 Å². The normalized spacial score (nSPS) is 22.5. The van der Waals surface area contributed by atoms with Gasteiger partial charge < -0.3 is 14.5 Å². The van der Waals surface area contributed by atoms with Gasteiger partial charge in [-0.2, -0.15) is 17.0 Å². The van der Waals surface area contributed by atoms with E-state index in [2.05, 4.69) is 14.9 Å². The van der Waals surface area contributed by atoms with Gasteiger partial charge in [-0.05, 0) is 69.7 Å². The van der Waals surface area contributed by atoms with E-state index in [-0.39, 0.29) is 12.5 Å². The molecule has 0 N–H and O–H groups in total. The maximum Gasteiger partial charge on any atom is 0.414 e. The minimum Gasteiger partial charge on any atom is -0.444 e. The molecule has 2 amide bonds. The zero-order valence-corrected chi connectivity index (χ0v) is 27.6. The number of ether oxygens (including phenoxy) is 1. The third-order valence-corrected chi connectivity index (χ3v) is 11.3. The van der Waals surface area contributed by atoms with Crippen LogP contribution in [0.2, 0.25) is 5.02 Å². The number of carbonyl (C=O) groups is 2. The molecule has 0 aliphatic carbocycles. The molecule has 12 nitrogen and oxygen atoms in total. The highest BCUT2D eigenvalue weighted by Crippen LogP contribution is 2.33. The van der Waals surface area contributed by atoms with Gasteiger partial charge in [0.2, 0.25) is 0 Å². The molecule has 0 spiro atoms. The van der Waals surface area contributed by atoms with Gasteiger partial charge in [-0.25, -0.2) is 14.8 Å². The molecule has 4 heterocycles. The van der Waals surface area contributed by atoms with Crippen LogP contribution in [0.1, 0.15) is 40.2 Å². The topological polar surface area (TPSA) is 119 Å². The maximum absolute atomic E-state index is 13.5. The third-order valence-electron chi connectivity index (χ3n) is 9.00. The number of rotatable bonds is 9. The molecular formula is C30H42ClN7O5S. The van der Waals surface area contributed by atoms with Crippen LogP contribution in [0.25, 0.3) is 0 Å². The van der Waals surface area contributed by atoms with Gasteiger partial charge in [-0.1, -0.05) is 17.7 Å². The molecule has 3 aliphatic heterocycles. The largest absolute Gasteiger partial charge is 0.444 e. The lowest BCUT2D eigenvalue weighted by Crippen LogP contribution is -2.40. The van der Waals surface area contributed by atoms with Crippen molar-refractivity contribution in [1.82, 2.24) is 28.4 Å². The number of nitrogens with zero attached hydrogens (tertiary/aromatic N) is 7. The fourth-order valence-electron chi connectivity index (χ4n) is 6.47. The Hall–Kier alpha value is -2.84. The van der Waals surface area contributed by atoms with Crippen molar-refractivity contribution in [1.29, 1.82) is 0 Å². The van der Waals surface area contributed by atoms with E-state index >= 15 is 0 Å². The summed E-state index contributed by atoms with van der Waals surface area (Å²) in [4.78, 5) is 41.1. The van der Waals surface area contributed by atoms with E-state index in [0.717, 1.165) is 38.3 Å². The van der Waals surface area contributed by atoms with Crippen molar-refractivity contribution in [3.8, 4) is 0 Å². The van der Waals surface area contributed by atoms with Crippen molar-refractivity contribution in [3.63, 3.8) is 0 Å². The highest BCUT2D eigenvalue weighted by molar-refractivity contribution is 7.86. The molecule has 0 bridgehead atoms. The molecule has 14 heteroatoms. The SMILES string of the molecule is Cc1ccc(N(CCCN2CC3CN(C(=O)c4c(C)ncnc4C)CC3C2)C(=O)OC2CCN(S(=O)(=O)N(C)C)C2)cc1Cl. The summed E-state index contributed by atoms with van der Waals surface area (Å²) < 4.78 is 33.4. The predicted molar refractivity (Wildman–Crippen MR) is 168 cm³/mol. The van der Waals surface area contributed by atoms with Crippen LogP contribution in [0.4, 0.5) is 10.5 Å². The maximum atomic E-state index is 13.5. The number of hydrogen-bond acceptors (Lipinski definition) is 8. The Labute approximate surface area is 265 Å². The van der Waals surface area contributed by atoms with E-state index in [0.29, 0.717) is 65.4 Å². The second-order valence-electron chi connectivity index (χ2n) is 12.3. The van der Waals surface area contributed by atoms with E-state index in [1.807, 2.05) is 37.8 Å². The number of benzene rings is 1. The van der Waals surface area contributed by atoms with Crippen LogP contribution >= 0.6 is 11.6 Å². The molecule has 5 rings (SSSR count). The van der Waals surface area contributed by atoms with Crippen LogP contribution in [0.5, 0.6) is 0 Å². The lowest BCUT2D eigenvalue weighted by molar-refractivity contribution is 0.0771. The number of carbonyl (C=O) groups excluding carboxylic acids is 2. The van der Waals surface area contributed by atoms with Crippen molar-refractivity contribution in [2.75, 3.05) is 71.4 Å².